The molecule has 4 nitrogen and oxygen atoms in total. The first-order valence-corrected chi connectivity index (χ1v) is 6.90. The van der Waals surface area contributed by atoms with Crippen LogP contribution in [-0.2, 0) is 6.42 Å². The maximum atomic E-state index is 12.8. The lowest BCUT2D eigenvalue weighted by molar-refractivity contribution is 0.350. The van der Waals surface area contributed by atoms with Crippen LogP contribution < -0.4 is 5.56 Å². The Morgan fingerprint density at radius 2 is 2.25 bits per heavy atom. The normalized spacial score (nSPS) is 14.1. The van der Waals surface area contributed by atoms with Crippen LogP contribution in [0.5, 0.6) is 0 Å². The predicted octanol–water partition coefficient (Wildman–Crippen LogP) is 1.64. The Bertz CT molecular complexity index is 777. The summed E-state index contributed by atoms with van der Waals surface area (Å²) in [5.41, 5.74) is 1.33. The molecule has 3 rings (SSSR count). The van der Waals surface area contributed by atoms with Crippen molar-refractivity contribution in [1.29, 1.82) is 0 Å². The molecule has 0 amide bonds. The first kappa shape index (κ1) is 12.9. The highest BCUT2D eigenvalue weighted by Crippen LogP contribution is 2.34. The second kappa shape index (κ2) is 5.10. The third kappa shape index (κ3) is 2.10. The van der Waals surface area contributed by atoms with E-state index in [2.05, 4.69) is 16.8 Å². The van der Waals surface area contributed by atoms with E-state index < -0.39 is 0 Å². The van der Waals surface area contributed by atoms with Crippen LogP contribution in [0.2, 0.25) is 0 Å². The van der Waals surface area contributed by atoms with Crippen molar-refractivity contribution in [3.63, 3.8) is 0 Å². The number of aliphatic hydroxyl groups is 1. The largest absolute Gasteiger partial charge is 0.384 e. The van der Waals surface area contributed by atoms with E-state index in [4.69, 9.17) is 5.11 Å². The number of aliphatic hydroxyl groups excluding tert-OH is 1. The van der Waals surface area contributed by atoms with E-state index in [9.17, 15) is 4.79 Å². The van der Waals surface area contributed by atoms with Gasteiger partial charge in [0.1, 0.15) is 12.4 Å². The Kier molecular flexibility index (Phi) is 3.29. The van der Waals surface area contributed by atoms with E-state index in [-0.39, 0.29) is 12.2 Å². The van der Waals surface area contributed by atoms with E-state index in [1.165, 1.54) is 0 Å². The van der Waals surface area contributed by atoms with Gasteiger partial charge in [0, 0.05) is 18.0 Å². The number of fused-ring (bicyclic) bond motifs is 1. The monoisotopic (exact) mass is 268 g/mol. The molecule has 4 heteroatoms. The fourth-order valence-electron chi connectivity index (χ4n) is 2.49. The zero-order valence-corrected chi connectivity index (χ0v) is 11.4. The average molecular weight is 268 g/mol. The van der Waals surface area contributed by atoms with Gasteiger partial charge >= 0.3 is 0 Å². The zero-order valence-electron chi connectivity index (χ0n) is 11.4. The van der Waals surface area contributed by atoms with Crippen LogP contribution in [0.4, 0.5) is 0 Å². The van der Waals surface area contributed by atoms with Crippen LogP contribution in [-0.4, -0.2) is 21.3 Å². The van der Waals surface area contributed by atoms with Crippen LogP contribution in [0.3, 0.4) is 0 Å². The van der Waals surface area contributed by atoms with Crippen molar-refractivity contribution in [2.45, 2.75) is 32.2 Å². The summed E-state index contributed by atoms with van der Waals surface area (Å²) in [4.78, 5) is 17.4. The first-order chi connectivity index (χ1) is 9.76. The SMILES string of the molecule is CCc1nc2cccc(C#CCO)c2c(=O)n1C1CC1. The molecule has 0 radical (unpaired) electrons. The van der Waals surface area contributed by atoms with Crippen LogP contribution >= 0.6 is 0 Å². The Labute approximate surface area is 117 Å². The summed E-state index contributed by atoms with van der Waals surface area (Å²) in [5.74, 6) is 6.30. The lowest BCUT2D eigenvalue weighted by atomic mass is 10.1. The minimum atomic E-state index is -0.215. The molecular weight excluding hydrogens is 252 g/mol. The number of aromatic nitrogens is 2. The topological polar surface area (TPSA) is 55.1 Å². The maximum Gasteiger partial charge on any atom is 0.262 e. The van der Waals surface area contributed by atoms with Gasteiger partial charge in [0.05, 0.1) is 10.9 Å². The summed E-state index contributed by atoms with van der Waals surface area (Å²) in [6, 6.07) is 5.79. The second-order valence-corrected chi connectivity index (χ2v) is 4.95. The predicted molar refractivity (Wildman–Crippen MR) is 77.6 cm³/mol. The molecule has 1 fully saturated rings. The van der Waals surface area contributed by atoms with Gasteiger partial charge in [-0.3, -0.25) is 9.36 Å². The number of hydrogen-bond acceptors (Lipinski definition) is 3. The van der Waals surface area contributed by atoms with Crippen LogP contribution in [0.15, 0.2) is 23.0 Å². The number of nitrogens with zero attached hydrogens (tertiary/aromatic N) is 2. The zero-order chi connectivity index (χ0) is 14.1. The molecule has 20 heavy (non-hydrogen) atoms. The Balaban J connectivity index is 2.34. The van der Waals surface area contributed by atoms with Gasteiger partial charge in [-0.05, 0) is 25.0 Å². The summed E-state index contributed by atoms with van der Waals surface area (Å²) >= 11 is 0. The molecule has 0 bridgehead atoms. The van der Waals surface area contributed by atoms with Crippen LogP contribution in [0.1, 0.15) is 37.2 Å². The highest BCUT2D eigenvalue weighted by atomic mass is 16.2. The van der Waals surface area contributed by atoms with Crippen molar-refractivity contribution in [3.05, 3.63) is 39.9 Å². The van der Waals surface area contributed by atoms with Gasteiger partial charge in [0.2, 0.25) is 0 Å². The third-order valence-corrected chi connectivity index (χ3v) is 3.53. The van der Waals surface area contributed by atoms with Crippen molar-refractivity contribution < 1.29 is 5.11 Å². The lowest BCUT2D eigenvalue weighted by Gasteiger charge is -2.12. The average Bonchev–Trinajstić information content (AvgIpc) is 3.28. The second-order valence-electron chi connectivity index (χ2n) is 4.95. The highest BCUT2D eigenvalue weighted by molar-refractivity contribution is 5.84. The maximum absolute atomic E-state index is 12.8. The lowest BCUT2D eigenvalue weighted by Crippen LogP contribution is -2.25. The standard InChI is InChI=1S/C16H16N2O2/c1-2-14-17-13-7-3-5-11(6-4-10-19)15(13)16(20)18(14)12-8-9-12/h3,5,7,12,19H,2,8-10H2,1H3. The van der Waals surface area contributed by atoms with Gasteiger partial charge in [0.25, 0.3) is 5.56 Å². The van der Waals surface area contributed by atoms with Crippen LogP contribution in [0.25, 0.3) is 10.9 Å². The fraction of sp³-hybridized carbons (Fsp3) is 0.375. The molecule has 1 heterocycles. The molecule has 1 N–H and O–H groups in total. The van der Waals surface area contributed by atoms with Crippen molar-refractivity contribution in [1.82, 2.24) is 9.55 Å². The molecule has 102 valence electrons. The molecule has 1 aromatic heterocycles. The molecule has 1 aromatic carbocycles. The number of rotatable bonds is 2. The smallest absolute Gasteiger partial charge is 0.262 e. The molecule has 1 aliphatic rings. The highest BCUT2D eigenvalue weighted by Gasteiger charge is 2.28. The fourth-order valence-corrected chi connectivity index (χ4v) is 2.49. The molecule has 0 atom stereocenters. The van der Waals surface area contributed by atoms with Gasteiger partial charge in [-0.25, -0.2) is 4.98 Å². The Morgan fingerprint density at radius 3 is 2.90 bits per heavy atom. The molecule has 0 unspecified atom stereocenters. The van der Waals surface area contributed by atoms with E-state index in [1.54, 1.807) is 6.07 Å². The quantitative estimate of drug-likeness (QED) is 0.842. The summed E-state index contributed by atoms with van der Waals surface area (Å²) < 4.78 is 1.83. The van der Waals surface area contributed by atoms with Gasteiger partial charge in [-0.2, -0.15) is 0 Å². The van der Waals surface area contributed by atoms with Crippen molar-refractivity contribution >= 4 is 10.9 Å². The first-order valence-electron chi connectivity index (χ1n) is 6.90. The van der Waals surface area contributed by atoms with Crippen LogP contribution in [0, 0.1) is 11.8 Å². The molecule has 1 saturated carbocycles. The summed E-state index contributed by atoms with van der Waals surface area (Å²) in [6.45, 7) is 1.80. The molecule has 0 saturated heterocycles. The van der Waals surface area contributed by atoms with Gasteiger partial charge < -0.3 is 5.11 Å². The molecule has 0 aliphatic heterocycles. The van der Waals surface area contributed by atoms with E-state index in [0.29, 0.717) is 22.5 Å². The third-order valence-electron chi connectivity index (χ3n) is 3.53. The molecule has 1 aliphatic carbocycles. The summed E-state index contributed by atoms with van der Waals surface area (Å²) in [7, 11) is 0. The summed E-state index contributed by atoms with van der Waals surface area (Å²) in [5, 5.41) is 9.40. The minimum Gasteiger partial charge on any atom is -0.384 e. The van der Waals surface area contributed by atoms with E-state index >= 15 is 0 Å². The van der Waals surface area contributed by atoms with Crippen molar-refractivity contribution in [2.75, 3.05) is 6.61 Å². The van der Waals surface area contributed by atoms with E-state index in [1.807, 2.05) is 23.6 Å². The number of hydrogen-bond donors (Lipinski definition) is 1. The van der Waals surface area contributed by atoms with E-state index in [0.717, 1.165) is 25.1 Å². The minimum absolute atomic E-state index is 0.00260. The van der Waals surface area contributed by atoms with Gasteiger partial charge in [0.15, 0.2) is 0 Å². The molecule has 0 spiro atoms. The van der Waals surface area contributed by atoms with Gasteiger partial charge in [-0.1, -0.05) is 24.8 Å². The Morgan fingerprint density at radius 1 is 1.45 bits per heavy atom. The molecule has 2 aromatic rings. The van der Waals surface area contributed by atoms with Crippen molar-refractivity contribution in [3.8, 4) is 11.8 Å². The van der Waals surface area contributed by atoms with Gasteiger partial charge in [-0.15, -0.1) is 0 Å². The van der Waals surface area contributed by atoms with Crippen molar-refractivity contribution in [2.24, 2.45) is 0 Å². The number of aryl methyl sites for hydroxylation is 1. The molecular formula is C16H16N2O2. The Hall–Kier alpha value is -2.12. The number of benzene rings is 1. The summed E-state index contributed by atoms with van der Waals surface area (Å²) in [6.07, 6.45) is 2.84.